The molecule has 0 aromatic carbocycles. The van der Waals surface area contributed by atoms with E-state index in [0.717, 1.165) is 9.47 Å². The Bertz CT molecular complexity index is 255. The minimum atomic E-state index is 0.632. The van der Waals surface area contributed by atoms with E-state index in [4.69, 9.17) is 11.6 Å². The Hall–Kier alpha value is -0.280. The number of hydrogen-bond donors (Lipinski definition) is 1. The van der Waals surface area contributed by atoms with Crippen LogP contribution in [-0.4, -0.2) is 11.0 Å². The Morgan fingerprint density at radius 3 is 2.83 bits per heavy atom. The highest BCUT2D eigenvalue weighted by atomic mass is 35.5. The molecule has 0 radical (unpaired) electrons. The number of aromatic nitrogens is 1. The van der Waals surface area contributed by atoms with E-state index in [0.29, 0.717) is 6.04 Å². The Labute approximate surface area is 81.0 Å². The normalized spacial score (nSPS) is 18.4. The van der Waals surface area contributed by atoms with Gasteiger partial charge in [-0.05, 0) is 12.8 Å². The lowest BCUT2D eigenvalue weighted by molar-refractivity contribution is 0.754. The maximum atomic E-state index is 5.76. The van der Waals surface area contributed by atoms with Crippen molar-refractivity contribution in [3.8, 4) is 0 Å². The predicted molar refractivity (Wildman–Crippen MR) is 53.0 cm³/mol. The van der Waals surface area contributed by atoms with Gasteiger partial charge in [-0.3, -0.25) is 0 Å². The summed E-state index contributed by atoms with van der Waals surface area (Å²) in [5.74, 6) is 0. The molecule has 1 fully saturated rings. The van der Waals surface area contributed by atoms with Crippen LogP contribution in [0.4, 0.5) is 5.13 Å². The third-order valence-electron chi connectivity index (χ3n) is 2.16. The van der Waals surface area contributed by atoms with Crippen LogP contribution in [0.3, 0.4) is 0 Å². The highest BCUT2D eigenvalue weighted by Gasteiger charge is 2.15. The zero-order valence-corrected chi connectivity index (χ0v) is 8.29. The minimum absolute atomic E-state index is 0.632. The third kappa shape index (κ3) is 1.90. The quantitative estimate of drug-likeness (QED) is 0.797. The van der Waals surface area contributed by atoms with Gasteiger partial charge in [-0.15, -0.1) is 0 Å². The summed E-state index contributed by atoms with van der Waals surface area (Å²) in [6.45, 7) is 0. The molecular formula is C8H11ClN2S. The summed E-state index contributed by atoms with van der Waals surface area (Å²) < 4.78 is 0.760. The van der Waals surface area contributed by atoms with Crippen LogP contribution >= 0.6 is 22.9 Å². The SMILES string of the molecule is Clc1cnc(NC2CCCC2)s1. The number of nitrogens with one attached hydrogen (secondary N) is 1. The molecule has 0 aliphatic heterocycles. The maximum absolute atomic E-state index is 5.76. The second kappa shape index (κ2) is 3.62. The van der Waals surface area contributed by atoms with Crippen molar-refractivity contribution in [3.05, 3.63) is 10.5 Å². The van der Waals surface area contributed by atoms with Gasteiger partial charge in [0.2, 0.25) is 0 Å². The molecule has 1 aromatic rings. The van der Waals surface area contributed by atoms with E-state index in [2.05, 4.69) is 10.3 Å². The van der Waals surface area contributed by atoms with Gasteiger partial charge in [-0.2, -0.15) is 0 Å². The fourth-order valence-electron chi connectivity index (χ4n) is 1.57. The molecule has 1 aliphatic carbocycles. The molecule has 66 valence electrons. The second-order valence-corrected chi connectivity index (χ2v) is 4.76. The van der Waals surface area contributed by atoms with Crippen molar-refractivity contribution in [3.63, 3.8) is 0 Å². The van der Waals surface area contributed by atoms with Crippen molar-refractivity contribution in [2.24, 2.45) is 0 Å². The topological polar surface area (TPSA) is 24.9 Å². The van der Waals surface area contributed by atoms with Crippen LogP contribution < -0.4 is 5.32 Å². The number of thiazole rings is 1. The summed E-state index contributed by atoms with van der Waals surface area (Å²) in [4.78, 5) is 4.15. The summed E-state index contributed by atoms with van der Waals surface area (Å²) in [6.07, 6.45) is 6.94. The van der Waals surface area contributed by atoms with Crippen molar-refractivity contribution in [2.45, 2.75) is 31.7 Å². The van der Waals surface area contributed by atoms with E-state index < -0.39 is 0 Å². The zero-order chi connectivity index (χ0) is 8.39. The first-order valence-corrected chi connectivity index (χ1v) is 5.42. The molecule has 1 aliphatic rings. The summed E-state index contributed by atoms with van der Waals surface area (Å²) >= 11 is 7.28. The fraction of sp³-hybridized carbons (Fsp3) is 0.625. The van der Waals surface area contributed by atoms with Crippen LogP contribution in [0.1, 0.15) is 25.7 Å². The zero-order valence-electron chi connectivity index (χ0n) is 6.72. The average Bonchev–Trinajstić information content (AvgIpc) is 2.63. The first-order chi connectivity index (χ1) is 5.84. The fourth-order valence-corrected chi connectivity index (χ4v) is 2.46. The highest BCUT2D eigenvalue weighted by molar-refractivity contribution is 7.19. The van der Waals surface area contributed by atoms with E-state index in [1.165, 1.54) is 37.0 Å². The molecule has 0 unspecified atom stereocenters. The van der Waals surface area contributed by atoms with E-state index in [1.807, 2.05) is 0 Å². The van der Waals surface area contributed by atoms with Gasteiger partial charge < -0.3 is 5.32 Å². The molecule has 0 atom stereocenters. The van der Waals surface area contributed by atoms with Crippen molar-refractivity contribution >= 4 is 28.1 Å². The van der Waals surface area contributed by atoms with E-state index in [9.17, 15) is 0 Å². The second-order valence-electron chi connectivity index (χ2n) is 3.10. The summed E-state index contributed by atoms with van der Waals surface area (Å²) in [7, 11) is 0. The minimum Gasteiger partial charge on any atom is -0.359 e. The molecule has 1 saturated carbocycles. The molecule has 0 bridgehead atoms. The average molecular weight is 203 g/mol. The molecule has 0 saturated heterocycles. The van der Waals surface area contributed by atoms with Crippen LogP contribution in [0, 0.1) is 0 Å². The van der Waals surface area contributed by atoms with E-state index in [-0.39, 0.29) is 0 Å². The number of halogens is 1. The van der Waals surface area contributed by atoms with Crippen LogP contribution in [0.2, 0.25) is 4.34 Å². The number of nitrogens with zero attached hydrogens (tertiary/aromatic N) is 1. The van der Waals surface area contributed by atoms with Gasteiger partial charge in [-0.1, -0.05) is 35.8 Å². The summed E-state index contributed by atoms with van der Waals surface area (Å²) in [5, 5.41) is 4.35. The van der Waals surface area contributed by atoms with Gasteiger partial charge in [0.25, 0.3) is 0 Å². The van der Waals surface area contributed by atoms with E-state index >= 15 is 0 Å². The van der Waals surface area contributed by atoms with E-state index in [1.54, 1.807) is 6.20 Å². The van der Waals surface area contributed by atoms with Crippen molar-refractivity contribution in [1.82, 2.24) is 4.98 Å². The Kier molecular flexibility index (Phi) is 2.51. The highest BCUT2D eigenvalue weighted by Crippen LogP contribution is 2.27. The standard InChI is InChI=1S/C8H11ClN2S/c9-7-5-10-8(12-7)11-6-3-1-2-4-6/h5-6H,1-4H2,(H,10,11). The molecular weight excluding hydrogens is 192 g/mol. The Morgan fingerprint density at radius 1 is 1.50 bits per heavy atom. The molecule has 0 spiro atoms. The Balaban J connectivity index is 1.94. The van der Waals surface area contributed by atoms with Gasteiger partial charge in [0.1, 0.15) is 4.34 Å². The van der Waals surface area contributed by atoms with Gasteiger partial charge in [0.05, 0.1) is 6.20 Å². The smallest absolute Gasteiger partial charge is 0.184 e. The number of hydrogen-bond acceptors (Lipinski definition) is 3. The lowest BCUT2D eigenvalue weighted by Gasteiger charge is -2.08. The third-order valence-corrected chi connectivity index (χ3v) is 3.21. The maximum Gasteiger partial charge on any atom is 0.184 e. The van der Waals surface area contributed by atoms with Gasteiger partial charge in [-0.25, -0.2) is 4.98 Å². The lowest BCUT2D eigenvalue weighted by atomic mass is 10.3. The number of rotatable bonds is 2. The predicted octanol–water partition coefficient (Wildman–Crippen LogP) is 3.15. The Morgan fingerprint density at radius 2 is 2.25 bits per heavy atom. The van der Waals surface area contributed by atoms with Crippen LogP contribution in [0.5, 0.6) is 0 Å². The van der Waals surface area contributed by atoms with Gasteiger partial charge in [0.15, 0.2) is 5.13 Å². The largest absolute Gasteiger partial charge is 0.359 e. The molecule has 0 amide bonds. The molecule has 1 aromatic heterocycles. The van der Waals surface area contributed by atoms with Crippen molar-refractivity contribution < 1.29 is 0 Å². The molecule has 12 heavy (non-hydrogen) atoms. The van der Waals surface area contributed by atoms with Crippen LogP contribution in [-0.2, 0) is 0 Å². The number of anilines is 1. The van der Waals surface area contributed by atoms with Crippen LogP contribution in [0.25, 0.3) is 0 Å². The molecule has 1 N–H and O–H groups in total. The monoisotopic (exact) mass is 202 g/mol. The van der Waals surface area contributed by atoms with Crippen LogP contribution in [0.15, 0.2) is 6.20 Å². The summed E-state index contributed by atoms with van der Waals surface area (Å²) in [6, 6.07) is 0.632. The molecule has 2 nitrogen and oxygen atoms in total. The van der Waals surface area contributed by atoms with Crippen molar-refractivity contribution in [2.75, 3.05) is 5.32 Å². The molecule has 4 heteroatoms. The lowest BCUT2D eigenvalue weighted by Crippen LogP contribution is -2.13. The van der Waals surface area contributed by atoms with Gasteiger partial charge >= 0.3 is 0 Å². The molecule has 1 heterocycles. The first kappa shape index (κ1) is 8.32. The molecule has 2 rings (SSSR count). The van der Waals surface area contributed by atoms with Crippen molar-refractivity contribution in [1.29, 1.82) is 0 Å². The summed E-state index contributed by atoms with van der Waals surface area (Å²) in [5.41, 5.74) is 0. The van der Waals surface area contributed by atoms with Gasteiger partial charge in [0, 0.05) is 6.04 Å². The first-order valence-electron chi connectivity index (χ1n) is 4.22.